The van der Waals surface area contributed by atoms with E-state index < -0.39 is 31.2 Å². The van der Waals surface area contributed by atoms with Crippen LogP contribution in [-0.4, -0.2) is 31.2 Å². The van der Waals surface area contributed by atoms with E-state index in [2.05, 4.69) is 10.1 Å². The summed E-state index contributed by atoms with van der Waals surface area (Å²) in [7, 11) is 0. The molecule has 0 aliphatic rings. The van der Waals surface area contributed by atoms with Crippen molar-refractivity contribution in [1.82, 2.24) is 0 Å². The molecule has 2 rings (SSSR count). The van der Waals surface area contributed by atoms with E-state index in [1.807, 2.05) is 6.07 Å². The fraction of sp³-hybridized carbons (Fsp3) is 0.211. The minimum atomic E-state index is -3.05. The van der Waals surface area contributed by atoms with Crippen LogP contribution in [0.3, 0.4) is 0 Å². The number of anilines is 1. The highest BCUT2D eigenvalue weighted by Gasteiger charge is 2.18. The summed E-state index contributed by atoms with van der Waals surface area (Å²) in [4.78, 5) is 23.8. The molecule has 0 saturated heterocycles. The topological polar surface area (TPSA) is 97.6 Å². The number of alkyl halides is 2. The first-order chi connectivity index (χ1) is 13.4. The van der Waals surface area contributed by atoms with Gasteiger partial charge in [0, 0.05) is 0 Å². The van der Waals surface area contributed by atoms with E-state index in [0.717, 1.165) is 0 Å². The van der Waals surface area contributed by atoms with Crippen LogP contribution in [0.2, 0.25) is 0 Å². The highest BCUT2D eigenvalue weighted by Crippen LogP contribution is 2.25. The first-order valence-electron chi connectivity index (χ1n) is 8.06. The Morgan fingerprint density at radius 3 is 2.43 bits per heavy atom. The van der Waals surface area contributed by atoms with Crippen LogP contribution in [0.1, 0.15) is 12.5 Å². The molecule has 0 unspecified atom stereocenters. The number of carbonyl (C=O) groups excluding carboxylic acids is 2. The Hall–Kier alpha value is -3.67. The molecular formula is C19H16F2N2O5. The van der Waals surface area contributed by atoms with E-state index in [-0.39, 0.29) is 11.4 Å². The standard InChI is InChI=1S/C19H16F2N2O5/c1-12(27-14-8-6-13(10-22)7-9-14)18(25)26-11-17(24)23-15-4-2-3-5-16(15)28-19(20)21/h2-9,12,19H,11H2,1H3,(H,23,24)/t12-/m0/s1. The maximum absolute atomic E-state index is 12.4. The van der Waals surface area contributed by atoms with Gasteiger partial charge >= 0.3 is 12.6 Å². The number of hydrogen-bond donors (Lipinski definition) is 1. The molecule has 2 aromatic carbocycles. The number of rotatable bonds is 8. The molecule has 0 saturated carbocycles. The lowest BCUT2D eigenvalue weighted by molar-refractivity contribution is -0.153. The molecule has 146 valence electrons. The molecule has 7 nitrogen and oxygen atoms in total. The molecule has 0 aliphatic heterocycles. The lowest BCUT2D eigenvalue weighted by atomic mass is 10.2. The highest BCUT2D eigenvalue weighted by atomic mass is 19.3. The van der Waals surface area contributed by atoms with Crippen molar-refractivity contribution >= 4 is 17.6 Å². The molecular weight excluding hydrogens is 374 g/mol. The van der Waals surface area contributed by atoms with Gasteiger partial charge in [0.25, 0.3) is 5.91 Å². The van der Waals surface area contributed by atoms with E-state index in [1.54, 1.807) is 0 Å². The Morgan fingerprint density at radius 2 is 1.79 bits per heavy atom. The third kappa shape index (κ3) is 6.25. The van der Waals surface area contributed by atoms with Crippen LogP contribution >= 0.6 is 0 Å². The van der Waals surface area contributed by atoms with Crippen molar-refractivity contribution in [1.29, 1.82) is 5.26 Å². The number of nitrogens with zero attached hydrogens (tertiary/aromatic N) is 1. The number of benzene rings is 2. The normalized spacial score (nSPS) is 11.2. The molecule has 0 fully saturated rings. The number of halogens is 2. The van der Waals surface area contributed by atoms with Gasteiger partial charge in [-0.3, -0.25) is 4.79 Å². The number of ether oxygens (including phenoxy) is 3. The Kier molecular flexibility index (Phi) is 7.28. The molecule has 1 N–H and O–H groups in total. The molecule has 2 aromatic rings. The first kappa shape index (κ1) is 20.6. The minimum absolute atomic E-state index is 0.0192. The monoisotopic (exact) mass is 390 g/mol. The van der Waals surface area contributed by atoms with Crippen molar-refractivity contribution in [2.45, 2.75) is 19.6 Å². The van der Waals surface area contributed by atoms with Crippen molar-refractivity contribution in [2.75, 3.05) is 11.9 Å². The Morgan fingerprint density at radius 1 is 1.11 bits per heavy atom. The molecule has 28 heavy (non-hydrogen) atoms. The number of para-hydroxylation sites is 2. The van der Waals surface area contributed by atoms with Crippen LogP contribution in [0, 0.1) is 11.3 Å². The summed E-state index contributed by atoms with van der Waals surface area (Å²) in [5, 5.41) is 11.1. The summed E-state index contributed by atoms with van der Waals surface area (Å²) >= 11 is 0. The van der Waals surface area contributed by atoms with E-state index in [4.69, 9.17) is 14.7 Å². The zero-order chi connectivity index (χ0) is 20.5. The highest BCUT2D eigenvalue weighted by molar-refractivity contribution is 5.94. The zero-order valence-electron chi connectivity index (χ0n) is 14.7. The van der Waals surface area contributed by atoms with Gasteiger partial charge in [0.05, 0.1) is 17.3 Å². The van der Waals surface area contributed by atoms with Crippen molar-refractivity contribution in [3.05, 3.63) is 54.1 Å². The molecule has 0 radical (unpaired) electrons. The SMILES string of the molecule is C[C@H](Oc1ccc(C#N)cc1)C(=O)OCC(=O)Nc1ccccc1OC(F)F. The molecule has 1 amide bonds. The molecule has 1 atom stereocenters. The van der Waals surface area contributed by atoms with Gasteiger partial charge in [-0.1, -0.05) is 12.1 Å². The number of amides is 1. The van der Waals surface area contributed by atoms with Crippen molar-refractivity contribution in [2.24, 2.45) is 0 Å². The van der Waals surface area contributed by atoms with Gasteiger partial charge < -0.3 is 19.5 Å². The molecule has 0 aliphatic carbocycles. The predicted octanol–water partition coefficient (Wildman–Crippen LogP) is 3.11. The summed E-state index contributed by atoms with van der Waals surface area (Å²) in [6, 6.07) is 13.7. The summed E-state index contributed by atoms with van der Waals surface area (Å²) in [6.45, 7) is -2.25. The molecule has 0 spiro atoms. The van der Waals surface area contributed by atoms with E-state index >= 15 is 0 Å². The second kappa shape index (κ2) is 9.87. The summed E-state index contributed by atoms with van der Waals surface area (Å²) in [5.41, 5.74) is 0.459. The fourth-order valence-electron chi connectivity index (χ4n) is 2.07. The van der Waals surface area contributed by atoms with Crippen LogP contribution in [0.15, 0.2) is 48.5 Å². The number of hydrogen-bond acceptors (Lipinski definition) is 6. The second-order valence-corrected chi connectivity index (χ2v) is 5.43. The maximum atomic E-state index is 12.4. The van der Waals surface area contributed by atoms with Crippen molar-refractivity contribution in [3.63, 3.8) is 0 Å². The number of nitrogens with one attached hydrogen (secondary N) is 1. The third-order valence-corrected chi connectivity index (χ3v) is 3.35. The molecule has 9 heteroatoms. The van der Waals surface area contributed by atoms with Crippen LogP contribution in [0.4, 0.5) is 14.5 Å². The Balaban J connectivity index is 1.85. The number of nitriles is 1. The summed E-state index contributed by atoms with van der Waals surface area (Å²) < 4.78 is 39.3. The molecule has 0 aromatic heterocycles. The van der Waals surface area contributed by atoms with E-state index in [0.29, 0.717) is 11.3 Å². The van der Waals surface area contributed by atoms with Crippen LogP contribution in [-0.2, 0) is 14.3 Å². The first-order valence-corrected chi connectivity index (χ1v) is 8.06. The smallest absolute Gasteiger partial charge is 0.387 e. The van der Waals surface area contributed by atoms with E-state index in [9.17, 15) is 18.4 Å². The third-order valence-electron chi connectivity index (χ3n) is 3.35. The average molecular weight is 390 g/mol. The van der Waals surface area contributed by atoms with Crippen molar-refractivity contribution in [3.8, 4) is 17.6 Å². The van der Waals surface area contributed by atoms with Gasteiger partial charge in [0.15, 0.2) is 12.7 Å². The summed E-state index contributed by atoms with van der Waals surface area (Å²) in [6.07, 6.45) is -1.00. The zero-order valence-corrected chi connectivity index (χ0v) is 14.7. The van der Waals surface area contributed by atoms with Crippen LogP contribution < -0.4 is 14.8 Å². The summed E-state index contributed by atoms with van der Waals surface area (Å²) in [5.74, 6) is -1.39. The van der Waals surface area contributed by atoms with Gasteiger partial charge in [-0.2, -0.15) is 14.0 Å². The van der Waals surface area contributed by atoms with Gasteiger partial charge in [0.2, 0.25) is 0 Å². The predicted molar refractivity (Wildman–Crippen MR) is 93.9 cm³/mol. The number of esters is 1. The van der Waals surface area contributed by atoms with Crippen molar-refractivity contribution < 1.29 is 32.6 Å². The number of carbonyl (C=O) groups is 2. The van der Waals surface area contributed by atoms with Crippen LogP contribution in [0.25, 0.3) is 0 Å². The Bertz CT molecular complexity index is 865. The largest absolute Gasteiger partial charge is 0.479 e. The Labute approximate surface area is 159 Å². The van der Waals surface area contributed by atoms with Gasteiger partial charge in [-0.05, 0) is 43.3 Å². The van der Waals surface area contributed by atoms with Crippen LogP contribution in [0.5, 0.6) is 11.5 Å². The maximum Gasteiger partial charge on any atom is 0.387 e. The van der Waals surface area contributed by atoms with Gasteiger partial charge in [0.1, 0.15) is 11.5 Å². The fourth-order valence-corrected chi connectivity index (χ4v) is 2.07. The minimum Gasteiger partial charge on any atom is -0.479 e. The van der Waals surface area contributed by atoms with Gasteiger partial charge in [-0.15, -0.1) is 0 Å². The lowest BCUT2D eigenvalue weighted by Gasteiger charge is -2.14. The quantitative estimate of drug-likeness (QED) is 0.696. The second-order valence-electron chi connectivity index (χ2n) is 5.43. The van der Waals surface area contributed by atoms with E-state index in [1.165, 1.54) is 55.5 Å². The molecule has 0 heterocycles. The van der Waals surface area contributed by atoms with Gasteiger partial charge in [-0.25, -0.2) is 4.79 Å². The molecule has 0 bridgehead atoms. The lowest BCUT2D eigenvalue weighted by Crippen LogP contribution is -2.29. The average Bonchev–Trinajstić information content (AvgIpc) is 2.67.